The van der Waals surface area contributed by atoms with Gasteiger partial charge in [-0.15, -0.1) is 0 Å². The predicted octanol–water partition coefficient (Wildman–Crippen LogP) is 3.24. The van der Waals surface area contributed by atoms with Gasteiger partial charge in [-0.3, -0.25) is 9.88 Å². The molecule has 3 rings (SSSR count). The molecule has 5 nitrogen and oxygen atoms in total. The number of pyridine rings is 1. The number of hydrogen-bond donors (Lipinski definition) is 1. The molecule has 0 atom stereocenters. The largest absolute Gasteiger partial charge is 0.323 e. The molecule has 1 saturated heterocycles. The maximum Gasteiger partial charge on any atom is 0.321 e. The van der Waals surface area contributed by atoms with E-state index in [9.17, 15) is 18.0 Å². The van der Waals surface area contributed by atoms with Crippen LogP contribution in [-0.4, -0.2) is 47.0 Å². The highest BCUT2D eigenvalue weighted by molar-refractivity contribution is 5.89. The van der Waals surface area contributed by atoms with Crippen molar-refractivity contribution in [2.24, 2.45) is 0 Å². The summed E-state index contributed by atoms with van der Waals surface area (Å²) in [6.45, 7) is 3.21. The number of benzene rings is 1. The van der Waals surface area contributed by atoms with Gasteiger partial charge in [0.1, 0.15) is 0 Å². The fourth-order valence-electron chi connectivity index (χ4n) is 2.90. The summed E-state index contributed by atoms with van der Waals surface area (Å²) >= 11 is 0. The molecule has 2 aromatic rings. The quantitative estimate of drug-likeness (QED) is 0.851. The van der Waals surface area contributed by atoms with E-state index in [2.05, 4.69) is 15.2 Å². The van der Waals surface area contributed by atoms with E-state index in [1.165, 1.54) is 0 Å². The Morgan fingerprint density at radius 2 is 1.77 bits per heavy atom. The summed E-state index contributed by atoms with van der Waals surface area (Å²) < 4.78 is 40.0. The minimum atomic E-state index is -1.60. The van der Waals surface area contributed by atoms with Crippen LogP contribution in [0, 0.1) is 17.5 Å². The summed E-state index contributed by atoms with van der Waals surface area (Å²) in [7, 11) is 0. The number of anilines is 1. The molecule has 0 unspecified atom stereocenters. The number of hydrogen-bond acceptors (Lipinski definition) is 3. The Balaban J connectivity index is 1.58. The third-order valence-corrected chi connectivity index (χ3v) is 4.31. The number of halogens is 3. The first-order valence-corrected chi connectivity index (χ1v) is 8.35. The van der Waals surface area contributed by atoms with E-state index in [0.717, 1.165) is 37.2 Å². The zero-order valence-electron chi connectivity index (χ0n) is 14.1. The van der Waals surface area contributed by atoms with Crippen molar-refractivity contribution in [2.45, 2.75) is 13.0 Å². The van der Waals surface area contributed by atoms with Crippen molar-refractivity contribution < 1.29 is 18.0 Å². The molecule has 0 saturated carbocycles. The lowest BCUT2D eigenvalue weighted by Gasteiger charge is -2.22. The number of carbonyl (C=O) groups excluding carboxylic acids is 1. The van der Waals surface area contributed by atoms with Crippen molar-refractivity contribution in [3.8, 4) is 0 Å². The first-order valence-electron chi connectivity index (χ1n) is 8.35. The van der Waals surface area contributed by atoms with E-state index in [1.54, 1.807) is 17.3 Å². The normalized spacial score (nSPS) is 15.6. The number of nitrogens with one attached hydrogen (secondary N) is 1. The van der Waals surface area contributed by atoms with Gasteiger partial charge in [0.25, 0.3) is 0 Å². The second kappa shape index (κ2) is 8.18. The molecule has 1 aliphatic rings. The van der Waals surface area contributed by atoms with E-state index in [4.69, 9.17) is 0 Å². The van der Waals surface area contributed by atoms with Gasteiger partial charge in [-0.05, 0) is 36.2 Å². The Morgan fingerprint density at radius 3 is 2.54 bits per heavy atom. The second-order valence-corrected chi connectivity index (χ2v) is 6.13. The van der Waals surface area contributed by atoms with E-state index in [0.29, 0.717) is 19.6 Å². The SMILES string of the molecule is O=C(Nc1ccc(F)c(F)c1F)N1CCCN(Cc2ccncc2)CC1. The molecular formula is C18H19F3N4O. The lowest BCUT2D eigenvalue weighted by atomic mass is 10.2. The van der Waals surface area contributed by atoms with Crippen LogP contribution in [0.5, 0.6) is 0 Å². The molecule has 1 aromatic heterocycles. The molecule has 1 N–H and O–H groups in total. The second-order valence-electron chi connectivity index (χ2n) is 6.13. The average molecular weight is 364 g/mol. The Hall–Kier alpha value is -2.61. The molecule has 138 valence electrons. The van der Waals surface area contributed by atoms with E-state index in [-0.39, 0.29) is 5.69 Å². The van der Waals surface area contributed by atoms with Gasteiger partial charge < -0.3 is 10.2 Å². The van der Waals surface area contributed by atoms with Crippen molar-refractivity contribution in [1.82, 2.24) is 14.8 Å². The molecule has 0 spiro atoms. The van der Waals surface area contributed by atoms with Gasteiger partial charge in [0.2, 0.25) is 0 Å². The summed E-state index contributed by atoms with van der Waals surface area (Å²) in [6.07, 6.45) is 4.24. The molecule has 26 heavy (non-hydrogen) atoms. The maximum absolute atomic E-state index is 13.7. The van der Waals surface area contributed by atoms with Gasteiger partial charge in [-0.1, -0.05) is 0 Å². The zero-order chi connectivity index (χ0) is 18.5. The van der Waals surface area contributed by atoms with Crippen LogP contribution < -0.4 is 5.32 Å². The number of rotatable bonds is 3. The number of aromatic nitrogens is 1. The highest BCUT2D eigenvalue weighted by Gasteiger charge is 2.21. The van der Waals surface area contributed by atoms with E-state index in [1.807, 2.05) is 12.1 Å². The number of amides is 2. The van der Waals surface area contributed by atoms with Crippen molar-refractivity contribution in [1.29, 1.82) is 0 Å². The van der Waals surface area contributed by atoms with Gasteiger partial charge in [0, 0.05) is 45.1 Å². The third-order valence-electron chi connectivity index (χ3n) is 4.31. The Kier molecular flexibility index (Phi) is 5.72. The standard InChI is InChI=1S/C18H19F3N4O/c19-14-2-3-15(17(21)16(14)20)23-18(26)25-9-1-8-24(10-11-25)12-13-4-6-22-7-5-13/h2-7H,1,8-12H2,(H,23,26). The number of urea groups is 1. The molecule has 1 aliphatic heterocycles. The number of carbonyl (C=O) groups is 1. The molecule has 1 aromatic carbocycles. The molecule has 0 radical (unpaired) electrons. The lowest BCUT2D eigenvalue weighted by Crippen LogP contribution is -2.38. The summed E-state index contributed by atoms with van der Waals surface area (Å²) in [4.78, 5) is 20.1. The molecule has 0 bridgehead atoms. The minimum Gasteiger partial charge on any atom is -0.323 e. The summed E-state index contributed by atoms with van der Waals surface area (Å²) in [5, 5.41) is 2.32. The van der Waals surface area contributed by atoms with Crippen LogP contribution in [-0.2, 0) is 6.54 Å². The monoisotopic (exact) mass is 364 g/mol. The van der Waals surface area contributed by atoms with E-state index < -0.39 is 23.5 Å². The van der Waals surface area contributed by atoms with Gasteiger partial charge in [0.15, 0.2) is 17.5 Å². The Labute approximate surface area is 149 Å². The van der Waals surface area contributed by atoms with Crippen molar-refractivity contribution in [3.63, 3.8) is 0 Å². The minimum absolute atomic E-state index is 0.369. The van der Waals surface area contributed by atoms with Crippen molar-refractivity contribution in [2.75, 3.05) is 31.5 Å². The molecule has 2 amide bonds. The zero-order valence-corrected chi connectivity index (χ0v) is 14.1. The summed E-state index contributed by atoms with van der Waals surface area (Å²) in [5.74, 6) is -4.28. The van der Waals surface area contributed by atoms with Crippen LogP contribution in [0.15, 0.2) is 36.7 Å². The van der Waals surface area contributed by atoms with Crippen LogP contribution >= 0.6 is 0 Å². The first kappa shape index (κ1) is 18.2. The maximum atomic E-state index is 13.7. The van der Waals surface area contributed by atoms with Crippen LogP contribution in [0.1, 0.15) is 12.0 Å². The van der Waals surface area contributed by atoms with Gasteiger partial charge in [-0.2, -0.15) is 0 Å². The Morgan fingerprint density at radius 1 is 1.00 bits per heavy atom. The van der Waals surface area contributed by atoms with Crippen LogP contribution in [0.3, 0.4) is 0 Å². The average Bonchev–Trinajstić information content (AvgIpc) is 2.89. The molecular weight excluding hydrogens is 345 g/mol. The molecule has 0 aliphatic carbocycles. The van der Waals surface area contributed by atoms with Crippen LogP contribution in [0.25, 0.3) is 0 Å². The summed E-state index contributed by atoms with van der Waals surface area (Å²) in [5.41, 5.74) is 0.772. The van der Waals surface area contributed by atoms with E-state index >= 15 is 0 Å². The van der Waals surface area contributed by atoms with Crippen molar-refractivity contribution >= 4 is 11.7 Å². The van der Waals surface area contributed by atoms with Gasteiger partial charge in [0.05, 0.1) is 5.69 Å². The predicted molar refractivity (Wildman–Crippen MR) is 91.0 cm³/mol. The van der Waals surface area contributed by atoms with Crippen molar-refractivity contribution in [3.05, 3.63) is 59.7 Å². The van der Waals surface area contributed by atoms with Crippen LogP contribution in [0.4, 0.5) is 23.7 Å². The highest BCUT2D eigenvalue weighted by atomic mass is 19.2. The van der Waals surface area contributed by atoms with Gasteiger partial charge >= 0.3 is 6.03 Å². The topological polar surface area (TPSA) is 48.5 Å². The molecule has 2 heterocycles. The first-order chi connectivity index (χ1) is 12.5. The molecule has 1 fully saturated rings. The lowest BCUT2D eigenvalue weighted by molar-refractivity contribution is 0.211. The fraction of sp³-hybridized carbons (Fsp3) is 0.333. The number of nitrogens with zero attached hydrogens (tertiary/aromatic N) is 3. The van der Waals surface area contributed by atoms with Gasteiger partial charge in [-0.25, -0.2) is 18.0 Å². The fourth-order valence-corrected chi connectivity index (χ4v) is 2.90. The summed E-state index contributed by atoms with van der Waals surface area (Å²) in [6, 6.07) is 5.16. The smallest absolute Gasteiger partial charge is 0.321 e. The highest BCUT2D eigenvalue weighted by Crippen LogP contribution is 2.20. The Bertz CT molecular complexity index is 773. The van der Waals surface area contributed by atoms with Crippen LogP contribution in [0.2, 0.25) is 0 Å². The third kappa shape index (κ3) is 4.32. The molecule has 8 heteroatoms.